The standard InChI is InChI=1S/C21H26FN3O3S/c1-15-4-9-20(16(2)14-15)23-21(26)17(3)24-10-12-25(13-11-24)29(27,28)19-7-5-18(22)6-8-19/h4-9,14,17H,10-13H2,1-3H3,(H,23,26)/t17-/m1/s1. The minimum Gasteiger partial charge on any atom is -0.324 e. The highest BCUT2D eigenvalue weighted by atomic mass is 32.2. The molecule has 1 aliphatic rings. The Morgan fingerprint density at radius 2 is 1.66 bits per heavy atom. The van der Waals surface area contributed by atoms with Crippen LogP contribution in [-0.4, -0.2) is 55.8 Å². The fraction of sp³-hybridized carbons (Fsp3) is 0.381. The summed E-state index contributed by atoms with van der Waals surface area (Å²) in [7, 11) is -3.67. The van der Waals surface area contributed by atoms with Crippen LogP contribution in [-0.2, 0) is 14.8 Å². The van der Waals surface area contributed by atoms with Gasteiger partial charge >= 0.3 is 0 Å². The van der Waals surface area contributed by atoms with Gasteiger partial charge in [-0.1, -0.05) is 17.7 Å². The first-order chi connectivity index (χ1) is 13.7. The third-order valence-corrected chi connectivity index (χ3v) is 7.20. The fourth-order valence-electron chi connectivity index (χ4n) is 3.44. The monoisotopic (exact) mass is 419 g/mol. The molecule has 8 heteroatoms. The van der Waals surface area contributed by atoms with E-state index in [4.69, 9.17) is 0 Å². The molecule has 6 nitrogen and oxygen atoms in total. The van der Waals surface area contributed by atoms with Crippen LogP contribution in [0.1, 0.15) is 18.1 Å². The number of carbonyl (C=O) groups excluding carboxylic acids is 1. The molecular formula is C21H26FN3O3S. The third-order valence-electron chi connectivity index (χ3n) is 5.29. The first kappa shape index (κ1) is 21.4. The molecule has 0 radical (unpaired) electrons. The first-order valence-electron chi connectivity index (χ1n) is 9.56. The number of benzene rings is 2. The van der Waals surface area contributed by atoms with Gasteiger partial charge in [0.1, 0.15) is 5.82 Å². The van der Waals surface area contributed by atoms with E-state index in [1.165, 1.54) is 16.4 Å². The van der Waals surface area contributed by atoms with Gasteiger partial charge in [-0.25, -0.2) is 12.8 Å². The maximum absolute atomic E-state index is 13.1. The topological polar surface area (TPSA) is 69.7 Å². The van der Waals surface area contributed by atoms with Crippen molar-refractivity contribution in [2.75, 3.05) is 31.5 Å². The second-order valence-electron chi connectivity index (χ2n) is 7.38. The molecule has 1 saturated heterocycles. The van der Waals surface area contributed by atoms with Crippen molar-refractivity contribution in [2.45, 2.75) is 31.7 Å². The lowest BCUT2D eigenvalue weighted by molar-refractivity contribution is -0.121. The molecule has 1 fully saturated rings. The molecule has 2 aromatic rings. The van der Waals surface area contributed by atoms with Gasteiger partial charge in [-0.15, -0.1) is 0 Å². The maximum Gasteiger partial charge on any atom is 0.243 e. The Hall–Kier alpha value is -2.29. The molecule has 1 N–H and O–H groups in total. The minimum absolute atomic E-state index is 0.0768. The zero-order chi connectivity index (χ0) is 21.2. The maximum atomic E-state index is 13.1. The molecule has 0 aromatic heterocycles. The summed E-state index contributed by atoms with van der Waals surface area (Å²) < 4.78 is 39.9. The van der Waals surface area contributed by atoms with E-state index in [2.05, 4.69) is 5.32 Å². The van der Waals surface area contributed by atoms with Gasteiger partial charge in [-0.3, -0.25) is 9.69 Å². The van der Waals surface area contributed by atoms with Crippen LogP contribution in [0.25, 0.3) is 0 Å². The summed E-state index contributed by atoms with van der Waals surface area (Å²) >= 11 is 0. The van der Waals surface area contributed by atoms with Crippen LogP contribution in [0, 0.1) is 19.7 Å². The van der Waals surface area contributed by atoms with E-state index in [0.717, 1.165) is 28.9 Å². The molecule has 156 valence electrons. The fourth-order valence-corrected chi connectivity index (χ4v) is 4.87. The number of piperazine rings is 1. The van der Waals surface area contributed by atoms with E-state index in [1.54, 1.807) is 0 Å². The number of halogens is 1. The summed E-state index contributed by atoms with van der Waals surface area (Å²) in [6.45, 7) is 7.22. The number of sulfonamides is 1. The quantitative estimate of drug-likeness (QED) is 0.809. The first-order valence-corrected chi connectivity index (χ1v) is 11.0. The molecule has 1 heterocycles. The van der Waals surface area contributed by atoms with E-state index in [9.17, 15) is 17.6 Å². The summed E-state index contributed by atoms with van der Waals surface area (Å²) in [6.07, 6.45) is 0. The van der Waals surface area contributed by atoms with Crippen LogP contribution in [0.5, 0.6) is 0 Å². The zero-order valence-corrected chi connectivity index (χ0v) is 17.7. The van der Waals surface area contributed by atoms with Gasteiger partial charge in [0, 0.05) is 31.9 Å². The number of carbonyl (C=O) groups is 1. The van der Waals surface area contributed by atoms with Crippen molar-refractivity contribution in [1.29, 1.82) is 0 Å². The highest BCUT2D eigenvalue weighted by Crippen LogP contribution is 2.20. The van der Waals surface area contributed by atoms with Crippen molar-refractivity contribution in [1.82, 2.24) is 9.21 Å². The lowest BCUT2D eigenvalue weighted by Gasteiger charge is -2.36. The van der Waals surface area contributed by atoms with Gasteiger partial charge in [-0.05, 0) is 56.7 Å². The average molecular weight is 420 g/mol. The van der Waals surface area contributed by atoms with Crippen molar-refractivity contribution in [3.05, 3.63) is 59.4 Å². The molecule has 2 aromatic carbocycles. The van der Waals surface area contributed by atoms with Crippen LogP contribution in [0.2, 0.25) is 0 Å². The van der Waals surface area contributed by atoms with Gasteiger partial charge in [0.25, 0.3) is 0 Å². The molecular weight excluding hydrogens is 393 g/mol. The second kappa shape index (κ2) is 8.61. The van der Waals surface area contributed by atoms with Crippen molar-refractivity contribution >= 4 is 21.6 Å². The summed E-state index contributed by atoms with van der Waals surface area (Å²) in [5.74, 6) is -0.593. The molecule has 0 bridgehead atoms. The van der Waals surface area contributed by atoms with Crippen molar-refractivity contribution in [3.8, 4) is 0 Å². The lowest BCUT2D eigenvalue weighted by Crippen LogP contribution is -2.53. The second-order valence-corrected chi connectivity index (χ2v) is 9.32. The minimum atomic E-state index is -3.67. The third kappa shape index (κ3) is 4.83. The number of hydrogen-bond donors (Lipinski definition) is 1. The largest absolute Gasteiger partial charge is 0.324 e. The van der Waals surface area contributed by atoms with Crippen molar-refractivity contribution < 1.29 is 17.6 Å². The Bertz CT molecular complexity index is 985. The molecule has 1 aliphatic heterocycles. The Balaban J connectivity index is 1.60. The number of anilines is 1. The highest BCUT2D eigenvalue weighted by Gasteiger charge is 2.31. The highest BCUT2D eigenvalue weighted by molar-refractivity contribution is 7.89. The molecule has 29 heavy (non-hydrogen) atoms. The predicted octanol–water partition coefficient (Wildman–Crippen LogP) is 2.78. The van der Waals surface area contributed by atoms with Crippen molar-refractivity contribution in [2.24, 2.45) is 0 Å². The van der Waals surface area contributed by atoms with Crippen LogP contribution < -0.4 is 5.32 Å². The van der Waals surface area contributed by atoms with Gasteiger partial charge in [0.2, 0.25) is 15.9 Å². The smallest absolute Gasteiger partial charge is 0.243 e. The van der Waals surface area contributed by atoms with Gasteiger partial charge in [0.15, 0.2) is 0 Å². The van der Waals surface area contributed by atoms with E-state index in [1.807, 2.05) is 43.9 Å². The van der Waals surface area contributed by atoms with E-state index in [-0.39, 0.29) is 29.9 Å². The predicted molar refractivity (Wildman–Crippen MR) is 111 cm³/mol. The zero-order valence-electron chi connectivity index (χ0n) is 16.9. The van der Waals surface area contributed by atoms with E-state index < -0.39 is 15.8 Å². The molecule has 3 rings (SSSR count). The number of aryl methyl sites for hydroxylation is 2. The molecule has 1 amide bonds. The molecule has 0 unspecified atom stereocenters. The molecule has 1 atom stereocenters. The number of rotatable bonds is 5. The van der Waals surface area contributed by atoms with Crippen LogP contribution >= 0.6 is 0 Å². The van der Waals surface area contributed by atoms with Crippen LogP contribution in [0.4, 0.5) is 10.1 Å². The Kier molecular flexibility index (Phi) is 6.36. The Morgan fingerprint density at radius 1 is 1.03 bits per heavy atom. The summed E-state index contributed by atoms with van der Waals surface area (Å²) in [5, 5.41) is 2.96. The SMILES string of the molecule is Cc1ccc(NC(=O)[C@@H](C)N2CCN(S(=O)(=O)c3ccc(F)cc3)CC2)c(C)c1. The number of amides is 1. The summed E-state index contributed by atoms with van der Waals surface area (Å²) in [6, 6.07) is 10.3. The van der Waals surface area contributed by atoms with Gasteiger partial charge < -0.3 is 5.32 Å². The average Bonchev–Trinajstić information content (AvgIpc) is 2.70. The summed E-state index contributed by atoms with van der Waals surface area (Å²) in [5.41, 5.74) is 2.91. The Morgan fingerprint density at radius 3 is 2.24 bits per heavy atom. The van der Waals surface area contributed by atoms with Crippen LogP contribution in [0.3, 0.4) is 0 Å². The lowest BCUT2D eigenvalue weighted by atomic mass is 10.1. The summed E-state index contributed by atoms with van der Waals surface area (Å²) in [4.78, 5) is 14.7. The molecule has 0 aliphatic carbocycles. The van der Waals surface area contributed by atoms with E-state index >= 15 is 0 Å². The van der Waals surface area contributed by atoms with Gasteiger partial charge in [0.05, 0.1) is 10.9 Å². The molecule has 0 saturated carbocycles. The van der Waals surface area contributed by atoms with Gasteiger partial charge in [-0.2, -0.15) is 4.31 Å². The van der Waals surface area contributed by atoms with Crippen LogP contribution in [0.15, 0.2) is 47.4 Å². The number of nitrogens with one attached hydrogen (secondary N) is 1. The number of nitrogens with zero attached hydrogens (tertiary/aromatic N) is 2. The van der Waals surface area contributed by atoms with E-state index in [0.29, 0.717) is 13.1 Å². The van der Waals surface area contributed by atoms with Crippen molar-refractivity contribution in [3.63, 3.8) is 0 Å². The Labute approximate surface area is 171 Å². The number of hydrogen-bond acceptors (Lipinski definition) is 4. The normalized spacial score (nSPS) is 17.1. The molecule has 0 spiro atoms.